The molecule has 11 heavy (non-hydrogen) atoms. The van der Waals surface area contributed by atoms with Crippen molar-refractivity contribution in [3.63, 3.8) is 0 Å². The zero-order valence-corrected chi connectivity index (χ0v) is 11.6. The molecule has 0 aliphatic carbocycles. The molecule has 0 rings (SSSR count). The van der Waals surface area contributed by atoms with Crippen LogP contribution in [0, 0.1) is 0 Å². The summed E-state index contributed by atoms with van der Waals surface area (Å²) in [6, 6.07) is 0. The van der Waals surface area contributed by atoms with Crippen LogP contribution in [0.4, 0.5) is 0 Å². The van der Waals surface area contributed by atoms with Crippen molar-refractivity contribution >= 4 is 38.0 Å². The maximum Gasteiger partial charge on any atom is 0.299 e. The van der Waals surface area contributed by atoms with Gasteiger partial charge in [0.1, 0.15) is 0 Å². The van der Waals surface area contributed by atoms with Crippen LogP contribution in [0.2, 0.25) is 0 Å². The molecule has 0 aromatic rings. The predicted octanol–water partition coefficient (Wildman–Crippen LogP) is -0.634. The Morgan fingerprint density at radius 2 is 1.82 bits per heavy atom. The zero-order chi connectivity index (χ0) is 7.70. The number of hydrogen-bond acceptors (Lipinski definition) is 2. The summed E-state index contributed by atoms with van der Waals surface area (Å²) in [5.74, 6) is 1.91. The predicted molar refractivity (Wildman–Crippen MR) is 54.5 cm³/mol. The number of amidine groups is 1. The first-order valence-electron chi connectivity index (χ1n) is 2.80. The Bertz CT molecular complexity index is 75.5. The monoisotopic (exact) mass is 267 g/mol. The molecule has 0 aliphatic rings. The molecule has 0 heterocycles. The third-order valence-corrected chi connectivity index (χ3v) is 0.933. The van der Waals surface area contributed by atoms with Crippen LogP contribution in [0.5, 0.6) is 0 Å². The van der Waals surface area contributed by atoms with E-state index in [0.717, 1.165) is 11.5 Å². The van der Waals surface area contributed by atoms with E-state index in [-0.39, 0.29) is 41.1 Å². The summed E-state index contributed by atoms with van der Waals surface area (Å²) in [4.78, 5) is 0. The van der Waals surface area contributed by atoms with E-state index in [4.69, 9.17) is 11.1 Å². The molecule has 62 valence electrons. The van der Waals surface area contributed by atoms with Crippen molar-refractivity contribution < 1.29 is 38.1 Å². The zero-order valence-electron chi connectivity index (χ0n) is 7.08. The van der Waals surface area contributed by atoms with Gasteiger partial charge >= 0.3 is 0 Å². The molecule has 0 saturated carbocycles. The molecule has 4 N–H and O–H groups in total. The second kappa shape index (κ2) is 22.5. The quantitative estimate of drug-likeness (QED) is 0.256. The Balaban J connectivity index is -0.0000000437. The van der Waals surface area contributed by atoms with E-state index in [2.05, 4.69) is 12.6 Å². The molecule has 0 unspecified atom stereocenters. The molecule has 0 fully saturated rings. The van der Waals surface area contributed by atoms with Gasteiger partial charge in [-0.15, -0.1) is 0 Å². The molecule has 4 radical (unpaired) electrons. The molecule has 0 spiro atoms. The van der Waals surface area contributed by atoms with Gasteiger partial charge in [-0.25, -0.2) is 0 Å². The maximum absolute atomic E-state index is 5.06. The van der Waals surface area contributed by atoms with Gasteiger partial charge in [-0.1, -0.05) is 13.8 Å². The topological polar surface area (TPSA) is 51.6 Å². The molecular formula is C5H15BN2S2Y+. The molecule has 0 aromatic heterocycles. The first-order valence-corrected chi connectivity index (χ1v) is 4.42. The van der Waals surface area contributed by atoms with Crippen molar-refractivity contribution in [3.8, 4) is 0 Å². The Morgan fingerprint density at radius 1 is 1.55 bits per heavy atom. The third-order valence-electron chi connectivity index (χ3n) is 0.311. The van der Waals surface area contributed by atoms with E-state index in [1.807, 2.05) is 13.8 Å². The first kappa shape index (κ1) is 22.8. The van der Waals surface area contributed by atoms with E-state index in [9.17, 15) is 0 Å². The molecule has 0 amide bonds. The normalized spacial score (nSPS) is 6.09. The summed E-state index contributed by atoms with van der Waals surface area (Å²) in [7, 11) is 0. The van der Waals surface area contributed by atoms with Crippen molar-refractivity contribution in [2.24, 2.45) is 5.73 Å². The maximum atomic E-state index is 5.06. The van der Waals surface area contributed by atoms with Crippen molar-refractivity contribution in [1.29, 1.82) is 0 Å². The van der Waals surface area contributed by atoms with Crippen LogP contribution in [0.1, 0.15) is 13.8 Å². The number of rotatable bonds is 1. The molecule has 0 aliphatic heterocycles. The smallest absolute Gasteiger partial charge is 0.282 e. The van der Waals surface area contributed by atoms with Crippen LogP contribution >= 0.6 is 24.4 Å². The van der Waals surface area contributed by atoms with E-state index >= 15 is 0 Å². The van der Waals surface area contributed by atoms with Crippen LogP contribution in [-0.4, -0.2) is 25.1 Å². The minimum Gasteiger partial charge on any atom is -0.282 e. The van der Waals surface area contributed by atoms with E-state index in [0.29, 0.717) is 5.17 Å². The molecule has 0 atom stereocenters. The van der Waals surface area contributed by atoms with Gasteiger partial charge in [0.2, 0.25) is 0 Å². The third kappa shape index (κ3) is 52.5. The van der Waals surface area contributed by atoms with Crippen LogP contribution in [0.3, 0.4) is 0 Å². The van der Waals surface area contributed by atoms with Gasteiger partial charge in [0.25, 0.3) is 5.17 Å². The summed E-state index contributed by atoms with van der Waals surface area (Å²) < 4.78 is 0. The van der Waals surface area contributed by atoms with Gasteiger partial charge < -0.3 is 0 Å². The van der Waals surface area contributed by atoms with Crippen molar-refractivity contribution in [2.75, 3.05) is 11.5 Å². The minimum absolute atomic E-state index is 0. The SMILES string of the molecule is CCS.CCSC(N)=[NH2+].[B].[Y]. The number of thiol groups is 1. The summed E-state index contributed by atoms with van der Waals surface area (Å²) in [5, 5.41) is 5.52. The van der Waals surface area contributed by atoms with Gasteiger partial charge in [0.15, 0.2) is 0 Å². The average molecular weight is 267 g/mol. The Labute approximate surface area is 106 Å². The summed E-state index contributed by atoms with van der Waals surface area (Å²) in [5.41, 5.74) is 5.06. The molecular weight excluding hydrogens is 252 g/mol. The van der Waals surface area contributed by atoms with Gasteiger partial charge in [-0.3, -0.25) is 11.1 Å². The molecule has 6 heteroatoms. The van der Waals surface area contributed by atoms with Crippen LogP contribution < -0.4 is 11.1 Å². The van der Waals surface area contributed by atoms with Crippen LogP contribution in [0.25, 0.3) is 0 Å². The summed E-state index contributed by atoms with van der Waals surface area (Å²) in [6.07, 6.45) is 0. The minimum atomic E-state index is 0. The largest absolute Gasteiger partial charge is 0.299 e. The Morgan fingerprint density at radius 3 is 1.82 bits per heavy atom. The molecule has 0 bridgehead atoms. The summed E-state index contributed by atoms with van der Waals surface area (Å²) >= 11 is 5.25. The van der Waals surface area contributed by atoms with Crippen molar-refractivity contribution in [3.05, 3.63) is 0 Å². The molecule has 2 nitrogen and oxygen atoms in total. The van der Waals surface area contributed by atoms with Gasteiger partial charge in [-0.05, 0) is 17.5 Å². The average Bonchev–Trinajstić information content (AvgIpc) is 1.67. The number of nitrogens with two attached hydrogens (primary N) is 2. The van der Waals surface area contributed by atoms with E-state index in [1.165, 1.54) is 11.8 Å². The number of hydrogen-bond donors (Lipinski definition) is 3. The van der Waals surface area contributed by atoms with E-state index < -0.39 is 0 Å². The van der Waals surface area contributed by atoms with Crippen molar-refractivity contribution in [1.82, 2.24) is 0 Å². The fraction of sp³-hybridized carbons (Fsp3) is 0.800. The second-order valence-electron chi connectivity index (χ2n) is 1.15. The number of thioether (sulfide) groups is 1. The fourth-order valence-corrected chi connectivity index (χ4v) is 0.500. The first-order chi connectivity index (χ1) is 4.18. The van der Waals surface area contributed by atoms with Gasteiger partial charge in [0, 0.05) is 46.9 Å². The van der Waals surface area contributed by atoms with Gasteiger partial charge in [-0.2, -0.15) is 12.6 Å². The van der Waals surface area contributed by atoms with Crippen LogP contribution in [-0.2, 0) is 32.7 Å². The standard InChI is InChI=1S/C3H8N2S.C2H6S.B.Y/c1-2-6-3(4)5;1-2-3;;/h2H2,1H3,(H3,4,5);3H,2H2,1H3;;/p+1. The second-order valence-corrected chi connectivity index (χ2v) is 3.12. The van der Waals surface area contributed by atoms with E-state index in [1.54, 1.807) is 0 Å². The fourth-order valence-electron chi connectivity index (χ4n) is 0.167. The summed E-state index contributed by atoms with van der Waals surface area (Å²) in [6.45, 7) is 3.99. The van der Waals surface area contributed by atoms with Gasteiger partial charge in [0.05, 0.1) is 0 Å². The molecule has 0 aromatic carbocycles. The molecule has 0 saturated heterocycles. The Kier molecular flexibility index (Phi) is 46.7. The van der Waals surface area contributed by atoms with Crippen LogP contribution in [0.15, 0.2) is 0 Å². The Hall–Kier alpha value is 1.34. The van der Waals surface area contributed by atoms with Crippen molar-refractivity contribution in [2.45, 2.75) is 13.8 Å².